The highest BCUT2D eigenvalue weighted by Gasteiger charge is 2.03. The Morgan fingerprint density at radius 3 is 2.83 bits per heavy atom. The lowest BCUT2D eigenvalue weighted by atomic mass is 10.1. The topological polar surface area (TPSA) is 55.4 Å². The highest BCUT2D eigenvalue weighted by atomic mass is 16.5. The van der Waals surface area contributed by atoms with Gasteiger partial charge in [-0.15, -0.1) is 0 Å². The standard InChI is InChI=1S/C14H15NO3/c1-11(16)15-9-4-3-6-12-7-5-8-13(10-12)14(17)18-2/h5,7-8,10H,4,9H2,1-2H3,(H,15,16). The van der Waals surface area contributed by atoms with Crippen LogP contribution in [0.4, 0.5) is 0 Å². The Bertz CT molecular complexity index is 497. The van der Waals surface area contributed by atoms with Crippen LogP contribution in [0.1, 0.15) is 29.3 Å². The van der Waals surface area contributed by atoms with Crippen molar-refractivity contribution in [2.45, 2.75) is 13.3 Å². The van der Waals surface area contributed by atoms with Crippen LogP contribution in [-0.2, 0) is 9.53 Å². The zero-order valence-corrected chi connectivity index (χ0v) is 10.4. The number of hydrogen-bond donors (Lipinski definition) is 1. The summed E-state index contributed by atoms with van der Waals surface area (Å²) in [5.41, 5.74) is 1.23. The van der Waals surface area contributed by atoms with Crippen LogP contribution < -0.4 is 5.32 Å². The second-order valence-corrected chi connectivity index (χ2v) is 3.61. The van der Waals surface area contributed by atoms with Crippen LogP contribution in [0, 0.1) is 11.8 Å². The van der Waals surface area contributed by atoms with Crippen LogP contribution in [0.15, 0.2) is 24.3 Å². The Morgan fingerprint density at radius 2 is 2.17 bits per heavy atom. The molecule has 1 rings (SSSR count). The number of ether oxygens (including phenoxy) is 1. The SMILES string of the molecule is COC(=O)c1cccc(C#CCCNC(C)=O)c1. The third-order valence-corrected chi connectivity index (χ3v) is 2.14. The number of methoxy groups -OCH3 is 1. The molecule has 1 aromatic rings. The number of nitrogens with one attached hydrogen (secondary N) is 1. The van der Waals surface area contributed by atoms with Gasteiger partial charge in [0, 0.05) is 25.5 Å². The van der Waals surface area contributed by atoms with E-state index in [0.29, 0.717) is 18.5 Å². The molecular formula is C14H15NO3. The summed E-state index contributed by atoms with van der Waals surface area (Å²) in [6.45, 7) is 1.99. The van der Waals surface area contributed by atoms with Gasteiger partial charge in [0.05, 0.1) is 12.7 Å². The molecule has 0 bridgehead atoms. The number of esters is 1. The predicted octanol–water partition coefficient (Wildman–Crippen LogP) is 1.35. The van der Waals surface area contributed by atoms with Crippen molar-refractivity contribution < 1.29 is 14.3 Å². The fraction of sp³-hybridized carbons (Fsp3) is 0.286. The van der Waals surface area contributed by atoms with Gasteiger partial charge in [-0.3, -0.25) is 4.79 Å². The van der Waals surface area contributed by atoms with Crippen molar-refractivity contribution in [3.8, 4) is 11.8 Å². The van der Waals surface area contributed by atoms with Gasteiger partial charge < -0.3 is 10.1 Å². The van der Waals surface area contributed by atoms with Crippen LogP contribution >= 0.6 is 0 Å². The van der Waals surface area contributed by atoms with Gasteiger partial charge in [-0.2, -0.15) is 0 Å². The zero-order valence-electron chi connectivity index (χ0n) is 10.4. The Kier molecular flexibility index (Phi) is 5.46. The van der Waals surface area contributed by atoms with E-state index in [1.165, 1.54) is 14.0 Å². The van der Waals surface area contributed by atoms with Gasteiger partial charge in [-0.25, -0.2) is 4.79 Å². The molecular weight excluding hydrogens is 230 g/mol. The highest BCUT2D eigenvalue weighted by Crippen LogP contribution is 2.05. The van der Waals surface area contributed by atoms with Crippen molar-refractivity contribution in [2.24, 2.45) is 0 Å². The first-order valence-electron chi connectivity index (χ1n) is 5.55. The summed E-state index contributed by atoms with van der Waals surface area (Å²) in [7, 11) is 1.34. The third kappa shape index (κ3) is 4.71. The van der Waals surface area contributed by atoms with Crippen LogP contribution in [0.3, 0.4) is 0 Å². The van der Waals surface area contributed by atoms with Gasteiger partial charge in [0.2, 0.25) is 5.91 Å². The normalized spacial score (nSPS) is 9.00. The van der Waals surface area contributed by atoms with Crippen LogP contribution in [-0.4, -0.2) is 25.5 Å². The summed E-state index contributed by atoms with van der Waals surface area (Å²) in [6.07, 6.45) is 0.571. The molecule has 0 radical (unpaired) electrons. The monoisotopic (exact) mass is 245 g/mol. The van der Waals surface area contributed by atoms with Crippen molar-refractivity contribution in [2.75, 3.05) is 13.7 Å². The summed E-state index contributed by atoms with van der Waals surface area (Å²) in [4.78, 5) is 21.9. The maximum absolute atomic E-state index is 11.3. The zero-order chi connectivity index (χ0) is 13.4. The van der Waals surface area contributed by atoms with Crippen LogP contribution in [0.5, 0.6) is 0 Å². The number of amides is 1. The van der Waals surface area contributed by atoms with Crippen LogP contribution in [0.25, 0.3) is 0 Å². The minimum absolute atomic E-state index is 0.0653. The van der Waals surface area contributed by atoms with Crippen molar-refractivity contribution in [1.29, 1.82) is 0 Å². The van der Waals surface area contributed by atoms with Crippen molar-refractivity contribution in [3.63, 3.8) is 0 Å². The minimum atomic E-state index is -0.378. The lowest BCUT2D eigenvalue weighted by Crippen LogP contribution is -2.20. The van der Waals surface area contributed by atoms with E-state index in [0.717, 1.165) is 5.56 Å². The molecule has 0 heterocycles. The van der Waals surface area contributed by atoms with Gasteiger partial charge in [0.1, 0.15) is 0 Å². The number of benzene rings is 1. The largest absolute Gasteiger partial charge is 0.465 e. The van der Waals surface area contributed by atoms with Gasteiger partial charge in [-0.05, 0) is 18.2 Å². The molecule has 1 aromatic carbocycles. The van der Waals surface area contributed by atoms with E-state index in [1.54, 1.807) is 18.2 Å². The van der Waals surface area contributed by atoms with Crippen LogP contribution in [0.2, 0.25) is 0 Å². The van der Waals surface area contributed by atoms with Gasteiger partial charge in [-0.1, -0.05) is 17.9 Å². The number of carbonyl (C=O) groups is 2. The molecule has 0 aliphatic rings. The minimum Gasteiger partial charge on any atom is -0.465 e. The molecule has 0 saturated heterocycles. The van der Waals surface area contributed by atoms with E-state index >= 15 is 0 Å². The highest BCUT2D eigenvalue weighted by molar-refractivity contribution is 5.89. The smallest absolute Gasteiger partial charge is 0.337 e. The van der Waals surface area contributed by atoms with E-state index < -0.39 is 0 Å². The second kappa shape index (κ2) is 7.13. The average Bonchev–Trinajstić information content (AvgIpc) is 2.37. The molecule has 0 saturated carbocycles. The van der Waals surface area contributed by atoms with Crippen molar-refractivity contribution in [1.82, 2.24) is 5.32 Å². The average molecular weight is 245 g/mol. The predicted molar refractivity (Wildman–Crippen MR) is 68.0 cm³/mol. The summed E-state index contributed by atoms with van der Waals surface area (Å²) in [6, 6.07) is 6.92. The van der Waals surface area contributed by atoms with Crippen molar-refractivity contribution in [3.05, 3.63) is 35.4 Å². The summed E-state index contributed by atoms with van der Waals surface area (Å²) in [5, 5.41) is 2.65. The van der Waals surface area contributed by atoms with E-state index in [-0.39, 0.29) is 11.9 Å². The first-order valence-corrected chi connectivity index (χ1v) is 5.55. The molecule has 94 valence electrons. The van der Waals surface area contributed by atoms with E-state index in [4.69, 9.17) is 0 Å². The quantitative estimate of drug-likeness (QED) is 0.497. The third-order valence-electron chi connectivity index (χ3n) is 2.14. The maximum atomic E-state index is 11.3. The van der Waals surface area contributed by atoms with Gasteiger partial charge in [0.15, 0.2) is 0 Å². The molecule has 18 heavy (non-hydrogen) atoms. The van der Waals surface area contributed by atoms with Gasteiger partial charge in [0.25, 0.3) is 0 Å². The lowest BCUT2D eigenvalue weighted by molar-refractivity contribution is -0.118. The number of hydrogen-bond acceptors (Lipinski definition) is 3. The summed E-state index contributed by atoms with van der Waals surface area (Å²) >= 11 is 0. The molecule has 0 unspecified atom stereocenters. The fourth-order valence-electron chi connectivity index (χ4n) is 1.31. The molecule has 1 amide bonds. The summed E-state index contributed by atoms with van der Waals surface area (Å²) in [5.74, 6) is 5.41. The lowest BCUT2D eigenvalue weighted by Gasteiger charge is -1.99. The molecule has 0 aromatic heterocycles. The molecule has 0 spiro atoms. The molecule has 4 heteroatoms. The van der Waals surface area contributed by atoms with Gasteiger partial charge >= 0.3 is 5.97 Å². The molecule has 0 aliphatic heterocycles. The van der Waals surface area contributed by atoms with E-state index in [9.17, 15) is 9.59 Å². The molecule has 1 N–H and O–H groups in total. The Labute approximate surface area is 106 Å². The first kappa shape index (κ1) is 13.8. The second-order valence-electron chi connectivity index (χ2n) is 3.61. The fourth-order valence-corrected chi connectivity index (χ4v) is 1.31. The Balaban J connectivity index is 2.59. The van der Waals surface area contributed by atoms with E-state index in [1.807, 2.05) is 6.07 Å². The van der Waals surface area contributed by atoms with E-state index in [2.05, 4.69) is 21.9 Å². The summed E-state index contributed by atoms with van der Waals surface area (Å²) < 4.78 is 4.63. The Morgan fingerprint density at radius 1 is 1.39 bits per heavy atom. The molecule has 4 nitrogen and oxygen atoms in total. The molecule has 0 fully saturated rings. The molecule has 0 atom stereocenters. The Hall–Kier alpha value is -2.28. The number of carbonyl (C=O) groups excluding carboxylic acids is 2. The first-order chi connectivity index (χ1) is 8.63. The maximum Gasteiger partial charge on any atom is 0.337 e. The van der Waals surface area contributed by atoms with Crippen molar-refractivity contribution >= 4 is 11.9 Å². The number of rotatable bonds is 3. The molecule has 0 aliphatic carbocycles.